The molecular weight excluding hydrogens is 88.1 g/mol. The molecule has 1 aliphatic rings. The van der Waals surface area contributed by atoms with Crippen molar-refractivity contribution in [3.05, 3.63) is 0 Å². The highest BCUT2D eigenvalue weighted by Crippen LogP contribution is 2.17. The van der Waals surface area contributed by atoms with Crippen molar-refractivity contribution in [2.45, 2.75) is 13.8 Å². The first-order valence-corrected chi connectivity index (χ1v) is 2.88. The van der Waals surface area contributed by atoms with Gasteiger partial charge in [0.25, 0.3) is 0 Å². The van der Waals surface area contributed by atoms with Gasteiger partial charge >= 0.3 is 0 Å². The number of ether oxygens (including phenoxy) is 1. The lowest BCUT2D eigenvalue weighted by Crippen LogP contribution is -2.01. The van der Waals surface area contributed by atoms with Gasteiger partial charge in [0, 0.05) is 13.2 Å². The zero-order valence-corrected chi connectivity index (χ0v) is 4.98. The molecule has 0 bridgehead atoms. The smallest absolute Gasteiger partial charge is 0.0495 e. The Hall–Kier alpha value is -0.0400. The first-order valence-electron chi connectivity index (χ1n) is 2.88. The molecule has 0 aliphatic carbocycles. The van der Waals surface area contributed by atoms with Crippen LogP contribution in [0.5, 0.6) is 0 Å². The normalized spacial score (nSPS) is 42.0. The highest BCUT2D eigenvalue weighted by Gasteiger charge is 2.18. The summed E-state index contributed by atoms with van der Waals surface area (Å²) in [7, 11) is 0. The highest BCUT2D eigenvalue weighted by atomic mass is 16.5. The van der Waals surface area contributed by atoms with Gasteiger partial charge in [-0.05, 0) is 11.8 Å². The molecule has 1 aliphatic heterocycles. The Morgan fingerprint density at radius 2 is 1.57 bits per heavy atom. The fourth-order valence-electron chi connectivity index (χ4n) is 0.768. The lowest BCUT2D eigenvalue weighted by Gasteiger charge is -2.01. The maximum Gasteiger partial charge on any atom is 0.0495 e. The highest BCUT2D eigenvalue weighted by molar-refractivity contribution is 4.65. The van der Waals surface area contributed by atoms with E-state index in [0.717, 1.165) is 25.0 Å². The van der Waals surface area contributed by atoms with Gasteiger partial charge in [-0.2, -0.15) is 0 Å². The van der Waals surface area contributed by atoms with Gasteiger partial charge in [0.1, 0.15) is 0 Å². The molecule has 0 spiro atoms. The van der Waals surface area contributed by atoms with Crippen molar-refractivity contribution in [3.63, 3.8) is 0 Å². The minimum atomic E-state index is 0.792. The summed E-state index contributed by atoms with van der Waals surface area (Å²) in [5, 5.41) is 0. The van der Waals surface area contributed by atoms with Crippen LogP contribution in [-0.2, 0) is 4.74 Å². The molecule has 0 unspecified atom stereocenters. The van der Waals surface area contributed by atoms with Gasteiger partial charge in [-0.25, -0.2) is 0 Å². The summed E-state index contributed by atoms with van der Waals surface area (Å²) < 4.78 is 5.17. The fraction of sp³-hybridized carbons (Fsp3) is 1.00. The van der Waals surface area contributed by atoms with Crippen LogP contribution in [0.3, 0.4) is 0 Å². The molecule has 42 valence electrons. The summed E-state index contributed by atoms with van der Waals surface area (Å²) in [6, 6.07) is 0. The molecule has 1 rings (SSSR count). The van der Waals surface area contributed by atoms with Crippen LogP contribution in [0.25, 0.3) is 0 Å². The van der Waals surface area contributed by atoms with Crippen molar-refractivity contribution >= 4 is 0 Å². The summed E-state index contributed by atoms with van der Waals surface area (Å²) in [5.41, 5.74) is 0. The topological polar surface area (TPSA) is 9.23 Å². The standard InChI is InChI=1S/C6H12O/c1-5-3-7-4-6(5)2/h5-6H,3-4H2,1-2H3/t5-,6+. The second-order valence-electron chi connectivity index (χ2n) is 2.49. The van der Waals surface area contributed by atoms with Crippen molar-refractivity contribution in [1.82, 2.24) is 0 Å². The minimum Gasteiger partial charge on any atom is -0.381 e. The van der Waals surface area contributed by atoms with E-state index in [-0.39, 0.29) is 0 Å². The number of rotatable bonds is 0. The van der Waals surface area contributed by atoms with E-state index in [4.69, 9.17) is 4.74 Å². The Bertz CT molecular complexity index is 53.2. The maximum atomic E-state index is 5.17. The summed E-state index contributed by atoms with van der Waals surface area (Å²) in [5.74, 6) is 1.58. The zero-order valence-electron chi connectivity index (χ0n) is 4.98. The zero-order chi connectivity index (χ0) is 5.28. The summed E-state index contributed by atoms with van der Waals surface area (Å²) in [6.07, 6.45) is 0. The summed E-state index contributed by atoms with van der Waals surface area (Å²) in [4.78, 5) is 0. The molecule has 1 heteroatoms. The van der Waals surface area contributed by atoms with E-state index in [2.05, 4.69) is 13.8 Å². The predicted octanol–water partition coefficient (Wildman–Crippen LogP) is 1.29. The molecule has 0 aromatic heterocycles. The van der Waals surface area contributed by atoms with Crippen molar-refractivity contribution in [3.8, 4) is 0 Å². The van der Waals surface area contributed by atoms with Gasteiger partial charge in [0.05, 0.1) is 0 Å². The van der Waals surface area contributed by atoms with Crippen LogP contribution < -0.4 is 0 Å². The monoisotopic (exact) mass is 100 g/mol. The molecule has 1 heterocycles. The third-order valence-electron chi connectivity index (χ3n) is 1.73. The molecule has 7 heavy (non-hydrogen) atoms. The van der Waals surface area contributed by atoms with Gasteiger partial charge < -0.3 is 4.74 Å². The van der Waals surface area contributed by atoms with Crippen molar-refractivity contribution in [1.29, 1.82) is 0 Å². The van der Waals surface area contributed by atoms with E-state index in [0.29, 0.717) is 0 Å². The van der Waals surface area contributed by atoms with Crippen molar-refractivity contribution in [2.75, 3.05) is 13.2 Å². The summed E-state index contributed by atoms with van der Waals surface area (Å²) >= 11 is 0. The molecule has 0 saturated carbocycles. The van der Waals surface area contributed by atoms with E-state index < -0.39 is 0 Å². The van der Waals surface area contributed by atoms with Crippen LogP contribution in [0.1, 0.15) is 13.8 Å². The molecule has 2 atom stereocenters. The molecule has 1 fully saturated rings. The Kier molecular flexibility index (Phi) is 1.33. The van der Waals surface area contributed by atoms with E-state index >= 15 is 0 Å². The van der Waals surface area contributed by atoms with E-state index in [1.54, 1.807) is 0 Å². The van der Waals surface area contributed by atoms with Crippen LogP contribution in [0.15, 0.2) is 0 Å². The quantitative estimate of drug-likeness (QED) is 0.445. The maximum absolute atomic E-state index is 5.17. The number of hydrogen-bond acceptors (Lipinski definition) is 1. The SMILES string of the molecule is C[C@@H]1COC[C@@H]1C. The van der Waals surface area contributed by atoms with Crippen molar-refractivity contribution < 1.29 is 4.74 Å². The molecule has 0 aromatic rings. The third-order valence-corrected chi connectivity index (χ3v) is 1.73. The largest absolute Gasteiger partial charge is 0.381 e. The molecule has 1 saturated heterocycles. The van der Waals surface area contributed by atoms with E-state index in [1.807, 2.05) is 0 Å². The van der Waals surface area contributed by atoms with Crippen molar-refractivity contribution in [2.24, 2.45) is 11.8 Å². The first-order chi connectivity index (χ1) is 3.30. The molecule has 0 N–H and O–H groups in total. The van der Waals surface area contributed by atoms with E-state index in [9.17, 15) is 0 Å². The Balaban J connectivity index is 2.33. The molecule has 0 aromatic carbocycles. The lowest BCUT2D eigenvalue weighted by molar-refractivity contribution is 0.183. The first kappa shape index (κ1) is 5.10. The van der Waals surface area contributed by atoms with Gasteiger partial charge in [-0.15, -0.1) is 0 Å². The van der Waals surface area contributed by atoms with Gasteiger partial charge in [-0.1, -0.05) is 13.8 Å². The predicted molar refractivity (Wildman–Crippen MR) is 29.1 cm³/mol. The van der Waals surface area contributed by atoms with E-state index in [1.165, 1.54) is 0 Å². The Morgan fingerprint density at radius 3 is 1.71 bits per heavy atom. The lowest BCUT2D eigenvalue weighted by atomic mass is 10.0. The minimum absolute atomic E-state index is 0.792. The Morgan fingerprint density at radius 1 is 1.14 bits per heavy atom. The van der Waals surface area contributed by atoms with Gasteiger partial charge in [0.2, 0.25) is 0 Å². The molecule has 1 nitrogen and oxygen atoms in total. The van der Waals surface area contributed by atoms with Crippen LogP contribution in [0.4, 0.5) is 0 Å². The second kappa shape index (κ2) is 1.83. The molecular formula is C6H12O. The average Bonchev–Trinajstić information content (AvgIpc) is 1.91. The van der Waals surface area contributed by atoms with Crippen LogP contribution in [-0.4, -0.2) is 13.2 Å². The summed E-state index contributed by atoms with van der Waals surface area (Å²) in [6.45, 7) is 6.41. The van der Waals surface area contributed by atoms with Crippen LogP contribution in [0, 0.1) is 11.8 Å². The average molecular weight is 100 g/mol. The van der Waals surface area contributed by atoms with Crippen LogP contribution in [0.2, 0.25) is 0 Å². The van der Waals surface area contributed by atoms with Gasteiger partial charge in [-0.3, -0.25) is 0 Å². The van der Waals surface area contributed by atoms with Gasteiger partial charge in [0.15, 0.2) is 0 Å². The number of hydrogen-bond donors (Lipinski definition) is 0. The molecule has 0 amide bonds. The third kappa shape index (κ3) is 0.942. The molecule has 0 radical (unpaired) electrons. The fourth-order valence-corrected chi connectivity index (χ4v) is 0.768. The Labute approximate surface area is 44.7 Å². The second-order valence-corrected chi connectivity index (χ2v) is 2.49. The van der Waals surface area contributed by atoms with Crippen LogP contribution >= 0.6 is 0 Å².